The van der Waals surface area contributed by atoms with E-state index in [9.17, 15) is 18.0 Å². The van der Waals surface area contributed by atoms with Gasteiger partial charge in [-0.2, -0.15) is 13.2 Å². The van der Waals surface area contributed by atoms with E-state index < -0.39 is 11.7 Å². The number of halogens is 3. The van der Waals surface area contributed by atoms with E-state index in [1.807, 2.05) is 32.0 Å². The fourth-order valence-corrected chi connectivity index (χ4v) is 3.99. The summed E-state index contributed by atoms with van der Waals surface area (Å²) < 4.78 is 38.6. The first kappa shape index (κ1) is 25.5. The summed E-state index contributed by atoms with van der Waals surface area (Å²) in [6.07, 6.45) is -3.57. The van der Waals surface area contributed by atoms with Crippen molar-refractivity contribution >= 4 is 11.6 Å². The number of aliphatic hydroxyl groups excluding tert-OH is 1. The van der Waals surface area contributed by atoms with Crippen LogP contribution in [0.25, 0.3) is 11.1 Å². The molecular weight excluding hydrogens is 441 g/mol. The summed E-state index contributed by atoms with van der Waals surface area (Å²) in [6.45, 7) is 6.38. The molecule has 0 aliphatic carbocycles. The van der Waals surface area contributed by atoms with Gasteiger partial charge in [0.1, 0.15) is 0 Å². The first-order valence-electron chi connectivity index (χ1n) is 11.4. The minimum atomic E-state index is -4.41. The Labute approximate surface area is 198 Å². The van der Waals surface area contributed by atoms with Gasteiger partial charge in [-0.25, -0.2) is 0 Å². The largest absolute Gasteiger partial charge is 0.416 e. The van der Waals surface area contributed by atoms with Crippen LogP contribution in [0.3, 0.4) is 0 Å². The summed E-state index contributed by atoms with van der Waals surface area (Å²) in [4.78, 5) is 15.2. The zero-order chi connectivity index (χ0) is 24.7. The molecule has 0 saturated heterocycles. The van der Waals surface area contributed by atoms with E-state index in [2.05, 4.69) is 10.2 Å². The van der Waals surface area contributed by atoms with Gasteiger partial charge in [-0.15, -0.1) is 0 Å². The normalized spacial score (nSPS) is 13.5. The van der Waals surface area contributed by atoms with Gasteiger partial charge in [-0.3, -0.25) is 9.69 Å². The molecule has 1 aliphatic heterocycles. The molecule has 0 spiro atoms. The minimum absolute atomic E-state index is 0.127. The number of hydrogen-bond acceptors (Lipinski definition) is 3. The van der Waals surface area contributed by atoms with Crippen LogP contribution >= 0.6 is 0 Å². The third-order valence-corrected chi connectivity index (χ3v) is 5.67. The van der Waals surface area contributed by atoms with Crippen molar-refractivity contribution in [2.45, 2.75) is 33.0 Å². The number of alkyl halides is 3. The lowest BCUT2D eigenvalue weighted by atomic mass is 9.97. The Balaban J connectivity index is 0.00000158. The first-order chi connectivity index (χ1) is 16.3. The quantitative estimate of drug-likeness (QED) is 0.481. The highest BCUT2D eigenvalue weighted by atomic mass is 19.4. The number of carbonyl (C=O) groups is 1. The van der Waals surface area contributed by atoms with Crippen LogP contribution in [0, 0.1) is 0 Å². The molecule has 180 valence electrons. The Hall–Kier alpha value is -3.16. The molecule has 4 nitrogen and oxygen atoms in total. The SMILES string of the molecule is CC.O=C(Nc1ccc2c(c1)CCN(CCO)C2)c1ccccc1-c1ccc(C(F)(F)F)cc1. The molecule has 0 saturated carbocycles. The van der Waals surface area contributed by atoms with Crippen LogP contribution in [0.4, 0.5) is 18.9 Å². The van der Waals surface area contributed by atoms with Crippen molar-refractivity contribution in [2.75, 3.05) is 25.0 Å². The van der Waals surface area contributed by atoms with Gasteiger partial charge >= 0.3 is 6.18 Å². The average Bonchev–Trinajstić information content (AvgIpc) is 2.85. The standard InChI is InChI=1S/C25H23F3N2O2.C2H6/c26-25(27,28)20-8-5-17(6-9-20)22-3-1-2-4-23(22)24(32)29-21-10-7-19-16-30(13-14-31)12-11-18(19)15-21;1-2/h1-10,15,31H,11-14,16H2,(H,29,32);1-2H3. The van der Waals surface area contributed by atoms with E-state index in [0.29, 0.717) is 28.9 Å². The van der Waals surface area contributed by atoms with Gasteiger partial charge in [0, 0.05) is 30.9 Å². The third kappa shape index (κ3) is 6.04. The maximum Gasteiger partial charge on any atom is 0.416 e. The molecule has 1 aliphatic rings. The molecule has 1 amide bonds. The number of rotatable bonds is 5. The Morgan fingerprint density at radius 3 is 2.38 bits per heavy atom. The molecule has 0 atom stereocenters. The summed E-state index contributed by atoms with van der Waals surface area (Å²) in [5.74, 6) is -0.321. The van der Waals surface area contributed by atoms with Gasteiger partial charge in [0.25, 0.3) is 5.91 Å². The van der Waals surface area contributed by atoms with Crippen molar-refractivity contribution in [1.29, 1.82) is 0 Å². The zero-order valence-electron chi connectivity index (χ0n) is 19.3. The Morgan fingerprint density at radius 1 is 1.00 bits per heavy atom. The average molecular weight is 471 g/mol. The molecule has 3 aromatic rings. The number of amides is 1. The van der Waals surface area contributed by atoms with Crippen LogP contribution in [0.1, 0.15) is 40.9 Å². The van der Waals surface area contributed by atoms with Crippen LogP contribution in [-0.4, -0.2) is 35.6 Å². The summed E-state index contributed by atoms with van der Waals surface area (Å²) in [5.41, 5.74) is 3.77. The molecular formula is C27H29F3N2O2. The zero-order valence-corrected chi connectivity index (χ0v) is 19.3. The number of aliphatic hydroxyl groups is 1. The summed E-state index contributed by atoms with van der Waals surface area (Å²) in [6, 6.07) is 17.5. The van der Waals surface area contributed by atoms with E-state index in [0.717, 1.165) is 37.2 Å². The van der Waals surface area contributed by atoms with Gasteiger partial charge in [0.05, 0.1) is 12.2 Å². The Kier molecular flexibility index (Phi) is 8.47. The summed E-state index contributed by atoms with van der Waals surface area (Å²) in [5, 5.41) is 12.1. The molecule has 0 bridgehead atoms. The van der Waals surface area contributed by atoms with Crippen LogP contribution in [0.15, 0.2) is 66.7 Å². The molecule has 0 aromatic heterocycles. The van der Waals surface area contributed by atoms with Crippen LogP contribution in [0.2, 0.25) is 0 Å². The Morgan fingerprint density at radius 2 is 1.71 bits per heavy atom. The predicted octanol–water partition coefficient (Wildman–Crippen LogP) is 6.00. The monoisotopic (exact) mass is 470 g/mol. The van der Waals surface area contributed by atoms with E-state index >= 15 is 0 Å². The molecule has 0 radical (unpaired) electrons. The number of nitrogens with one attached hydrogen (secondary N) is 1. The van der Waals surface area contributed by atoms with Gasteiger partial charge < -0.3 is 10.4 Å². The van der Waals surface area contributed by atoms with E-state index in [4.69, 9.17) is 5.11 Å². The smallest absolute Gasteiger partial charge is 0.395 e. The Bertz CT molecular complexity index is 1110. The lowest BCUT2D eigenvalue weighted by molar-refractivity contribution is -0.137. The number of hydrogen-bond donors (Lipinski definition) is 2. The molecule has 1 heterocycles. The second-order valence-corrected chi connectivity index (χ2v) is 7.81. The number of β-amino-alcohol motifs (C(OH)–C–C–N with tert-alkyl or cyclic N) is 1. The van der Waals surface area contributed by atoms with Crippen LogP contribution in [0.5, 0.6) is 0 Å². The van der Waals surface area contributed by atoms with Gasteiger partial charge in [0.15, 0.2) is 0 Å². The maximum atomic E-state index is 13.0. The molecule has 2 N–H and O–H groups in total. The van der Waals surface area contributed by atoms with E-state index in [1.165, 1.54) is 17.7 Å². The van der Waals surface area contributed by atoms with Crippen molar-refractivity contribution in [1.82, 2.24) is 4.90 Å². The van der Waals surface area contributed by atoms with Crippen molar-refractivity contribution in [3.05, 3.63) is 89.0 Å². The number of carbonyl (C=O) groups excluding carboxylic acids is 1. The third-order valence-electron chi connectivity index (χ3n) is 5.67. The van der Waals surface area contributed by atoms with Crippen molar-refractivity contribution < 1.29 is 23.1 Å². The molecule has 34 heavy (non-hydrogen) atoms. The van der Waals surface area contributed by atoms with Crippen molar-refractivity contribution in [2.24, 2.45) is 0 Å². The number of anilines is 1. The van der Waals surface area contributed by atoms with Crippen LogP contribution < -0.4 is 5.32 Å². The minimum Gasteiger partial charge on any atom is -0.395 e. The van der Waals surface area contributed by atoms with Crippen molar-refractivity contribution in [3.8, 4) is 11.1 Å². The summed E-state index contributed by atoms with van der Waals surface area (Å²) >= 11 is 0. The van der Waals surface area contributed by atoms with E-state index in [1.54, 1.807) is 24.3 Å². The molecule has 4 rings (SSSR count). The highest BCUT2D eigenvalue weighted by molar-refractivity contribution is 6.08. The molecule has 3 aromatic carbocycles. The van der Waals surface area contributed by atoms with Gasteiger partial charge in [0.2, 0.25) is 0 Å². The fraction of sp³-hybridized carbons (Fsp3) is 0.296. The van der Waals surface area contributed by atoms with Crippen molar-refractivity contribution in [3.63, 3.8) is 0 Å². The topological polar surface area (TPSA) is 52.6 Å². The number of fused-ring (bicyclic) bond motifs is 1. The fourth-order valence-electron chi connectivity index (χ4n) is 3.99. The first-order valence-corrected chi connectivity index (χ1v) is 11.4. The number of benzene rings is 3. The second kappa shape index (κ2) is 11.3. The molecule has 7 heteroatoms. The summed E-state index contributed by atoms with van der Waals surface area (Å²) in [7, 11) is 0. The second-order valence-electron chi connectivity index (χ2n) is 7.81. The highest BCUT2D eigenvalue weighted by Gasteiger charge is 2.30. The highest BCUT2D eigenvalue weighted by Crippen LogP contribution is 2.32. The van der Waals surface area contributed by atoms with Crippen LogP contribution in [-0.2, 0) is 19.1 Å². The lowest BCUT2D eigenvalue weighted by Crippen LogP contribution is -2.32. The predicted molar refractivity (Wildman–Crippen MR) is 129 cm³/mol. The van der Waals surface area contributed by atoms with Gasteiger partial charge in [-0.1, -0.05) is 50.2 Å². The molecule has 0 fully saturated rings. The van der Waals surface area contributed by atoms with E-state index in [-0.39, 0.29) is 12.5 Å². The molecule has 0 unspecified atom stereocenters. The number of nitrogens with zero attached hydrogens (tertiary/aromatic N) is 1. The maximum absolute atomic E-state index is 13.0. The lowest BCUT2D eigenvalue weighted by Gasteiger charge is -2.28. The van der Waals surface area contributed by atoms with Gasteiger partial charge in [-0.05, 0) is 59.0 Å².